The number of benzene rings is 1. The maximum atomic E-state index is 6.16. The van der Waals surface area contributed by atoms with Gasteiger partial charge < -0.3 is 11.5 Å². The topological polar surface area (TPSA) is 64.9 Å². The Morgan fingerprint density at radius 1 is 1.24 bits per heavy atom. The van der Waals surface area contributed by atoms with Gasteiger partial charge in [0.15, 0.2) is 0 Å². The first-order valence-corrected chi connectivity index (χ1v) is 6.16. The monoisotopic (exact) mass is 291 g/mol. The molecule has 4 N–H and O–H groups in total. The van der Waals surface area contributed by atoms with Crippen LogP contribution in [0.5, 0.6) is 0 Å². The van der Waals surface area contributed by atoms with Gasteiger partial charge in [0.05, 0.1) is 0 Å². The van der Waals surface area contributed by atoms with Crippen molar-refractivity contribution < 1.29 is 0 Å². The highest BCUT2D eigenvalue weighted by atomic mass is 79.9. The molecule has 1 aromatic carbocycles. The van der Waals surface area contributed by atoms with E-state index in [1.807, 2.05) is 18.2 Å². The van der Waals surface area contributed by atoms with Crippen molar-refractivity contribution in [1.29, 1.82) is 0 Å². The quantitative estimate of drug-likeness (QED) is 0.914. The van der Waals surface area contributed by atoms with Gasteiger partial charge in [0.2, 0.25) is 0 Å². The molecule has 0 aliphatic carbocycles. The maximum Gasteiger partial charge on any atom is 0.0393 e. The summed E-state index contributed by atoms with van der Waals surface area (Å²) in [7, 11) is 0. The van der Waals surface area contributed by atoms with E-state index in [-0.39, 0.29) is 6.04 Å². The lowest BCUT2D eigenvalue weighted by Crippen LogP contribution is -2.15. The van der Waals surface area contributed by atoms with Crippen LogP contribution in [0.15, 0.2) is 47.2 Å². The SMILES string of the molecule is Nc1ccncc1C(N)Cc1ccccc1Br. The van der Waals surface area contributed by atoms with Crippen LogP contribution in [0.1, 0.15) is 17.2 Å². The summed E-state index contributed by atoms with van der Waals surface area (Å²) in [5.74, 6) is 0. The Labute approximate surface area is 109 Å². The summed E-state index contributed by atoms with van der Waals surface area (Å²) < 4.78 is 1.07. The first-order chi connectivity index (χ1) is 8.18. The minimum atomic E-state index is -0.137. The molecule has 17 heavy (non-hydrogen) atoms. The fourth-order valence-electron chi connectivity index (χ4n) is 1.74. The molecule has 1 atom stereocenters. The van der Waals surface area contributed by atoms with Gasteiger partial charge in [0.25, 0.3) is 0 Å². The van der Waals surface area contributed by atoms with E-state index >= 15 is 0 Å². The first kappa shape index (κ1) is 12.1. The summed E-state index contributed by atoms with van der Waals surface area (Å²) >= 11 is 3.51. The zero-order valence-corrected chi connectivity index (χ0v) is 10.9. The van der Waals surface area contributed by atoms with E-state index in [9.17, 15) is 0 Å². The van der Waals surface area contributed by atoms with E-state index < -0.39 is 0 Å². The number of aromatic nitrogens is 1. The number of nitrogen functional groups attached to an aromatic ring is 1. The van der Waals surface area contributed by atoms with Crippen molar-refractivity contribution in [2.75, 3.05) is 5.73 Å². The Kier molecular flexibility index (Phi) is 3.76. The van der Waals surface area contributed by atoms with E-state index in [1.165, 1.54) is 5.56 Å². The van der Waals surface area contributed by atoms with Crippen LogP contribution in [0.2, 0.25) is 0 Å². The highest BCUT2D eigenvalue weighted by molar-refractivity contribution is 9.10. The molecule has 0 aliphatic heterocycles. The molecule has 0 saturated heterocycles. The number of halogens is 1. The lowest BCUT2D eigenvalue weighted by molar-refractivity contribution is 0.718. The van der Waals surface area contributed by atoms with Crippen LogP contribution >= 0.6 is 15.9 Å². The van der Waals surface area contributed by atoms with E-state index in [4.69, 9.17) is 11.5 Å². The molecule has 1 unspecified atom stereocenters. The Balaban J connectivity index is 2.20. The predicted octanol–water partition coefficient (Wildman–Crippen LogP) is 2.67. The van der Waals surface area contributed by atoms with Gasteiger partial charge in [-0.2, -0.15) is 0 Å². The molecule has 0 fully saturated rings. The van der Waals surface area contributed by atoms with Crippen LogP contribution in [0.3, 0.4) is 0 Å². The summed E-state index contributed by atoms with van der Waals surface area (Å²) in [6.45, 7) is 0. The molecule has 1 heterocycles. The number of hydrogen-bond acceptors (Lipinski definition) is 3. The second-order valence-electron chi connectivity index (χ2n) is 3.91. The van der Waals surface area contributed by atoms with Crippen molar-refractivity contribution in [1.82, 2.24) is 4.98 Å². The number of pyridine rings is 1. The Bertz CT molecular complexity index is 514. The molecule has 0 aliphatic rings. The fourth-order valence-corrected chi connectivity index (χ4v) is 2.18. The number of rotatable bonds is 3. The third-order valence-electron chi connectivity index (χ3n) is 2.68. The number of anilines is 1. The molecule has 0 spiro atoms. The molecule has 1 aromatic heterocycles. The standard InChI is InChI=1S/C13H14BrN3/c14-11-4-2-1-3-9(11)7-13(16)10-8-17-6-5-12(10)15/h1-6,8,13H,7,16H2,(H2,15,17). The molecule has 0 bridgehead atoms. The Hall–Kier alpha value is -1.39. The van der Waals surface area contributed by atoms with Crippen LogP contribution in [0.25, 0.3) is 0 Å². The summed E-state index contributed by atoms with van der Waals surface area (Å²) in [6.07, 6.45) is 4.14. The minimum absolute atomic E-state index is 0.137. The summed E-state index contributed by atoms with van der Waals surface area (Å²) in [5, 5.41) is 0. The van der Waals surface area contributed by atoms with Crippen molar-refractivity contribution in [2.24, 2.45) is 5.73 Å². The largest absolute Gasteiger partial charge is 0.398 e. The van der Waals surface area contributed by atoms with Crippen LogP contribution in [-0.2, 0) is 6.42 Å². The average molecular weight is 292 g/mol. The lowest BCUT2D eigenvalue weighted by atomic mass is 10.00. The predicted molar refractivity (Wildman–Crippen MR) is 73.4 cm³/mol. The summed E-state index contributed by atoms with van der Waals surface area (Å²) in [6, 6.07) is 9.68. The van der Waals surface area contributed by atoms with E-state index in [0.29, 0.717) is 5.69 Å². The van der Waals surface area contributed by atoms with Crippen molar-refractivity contribution >= 4 is 21.6 Å². The van der Waals surface area contributed by atoms with Crippen molar-refractivity contribution in [3.8, 4) is 0 Å². The van der Waals surface area contributed by atoms with Crippen LogP contribution in [0.4, 0.5) is 5.69 Å². The van der Waals surface area contributed by atoms with Crippen LogP contribution < -0.4 is 11.5 Å². The van der Waals surface area contributed by atoms with Gasteiger partial charge in [-0.05, 0) is 24.1 Å². The van der Waals surface area contributed by atoms with Gasteiger partial charge in [-0.3, -0.25) is 4.98 Å². The fraction of sp³-hybridized carbons (Fsp3) is 0.154. The minimum Gasteiger partial charge on any atom is -0.398 e. The van der Waals surface area contributed by atoms with Gasteiger partial charge >= 0.3 is 0 Å². The summed E-state index contributed by atoms with van der Waals surface area (Å²) in [4.78, 5) is 4.06. The molecule has 0 amide bonds. The van der Waals surface area contributed by atoms with Crippen LogP contribution in [0, 0.1) is 0 Å². The summed E-state index contributed by atoms with van der Waals surface area (Å²) in [5.41, 5.74) is 14.8. The average Bonchev–Trinajstić information content (AvgIpc) is 2.32. The number of nitrogens with zero attached hydrogens (tertiary/aromatic N) is 1. The highest BCUT2D eigenvalue weighted by Gasteiger charge is 2.11. The molecule has 0 saturated carbocycles. The number of hydrogen-bond donors (Lipinski definition) is 2. The van der Waals surface area contributed by atoms with Crippen molar-refractivity contribution in [3.63, 3.8) is 0 Å². The zero-order valence-electron chi connectivity index (χ0n) is 9.31. The lowest BCUT2D eigenvalue weighted by Gasteiger charge is -2.14. The van der Waals surface area contributed by atoms with Gasteiger partial charge in [-0.1, -0.05) is 34.1 Å². The highest BCUT2D eigenvalue weighted by Crippen LogP contribution is 2.24. The second-order valence-corrected chi connectivity index (χ2v) is 4.76. The van der Waals surface area contributed by atoms with Crippen molar-refractivity contribution in [3.05, 3.63) is 58.3 Å². The first-order valence-electron chi connectivity index (χ1n) is 5.37. The molecule has 3 nitrogen and oxygen atoms in total. The Morgan fingerprint density at radius 3 is 2.71 bits per heavy atom. The zero-order chi connectivity index (χ0) is 12.3. The molecular weight excluding hydrogens is 278 g/mol. The third-order valence-corrected chi connectivity index (χ3v) is 3.46. The second kappa shape index (κ2) is 5.29. The molecule has 2 aromatic rings. The van der Waals surface area contributed by atoms with Gasteiger partial charge in [-0.15, -0.1) is 0 Å². The third kappa shape index (κ3) is 2.84. The van der Waals surface area contributed by atoms with Gasteiger partial charge in [0, 0.05) is 34.2 Å². The van der Waals surface area contributed by atoms with Gasteiger partial charge in [-0.25, -0.2) is 0 Å². The van der Waals surface area contributed by atoms with Crippen LogP contribution in [-0.4, -0.2) is 4.98 Å². The molecule has 2 rings (SSSR count). The Morgan fingerprint density at radius 2 is 2.00 bits per heavy atom. The maximum absolute atomic E-state index is 6.16. The van der Waals surface area contributed by atoms with E-state index in [2.05, 4.69) is 27.0 Å². The van der Waals surface area contributed by atoms with E-state index in [1.54, 1.807) is 18.5 Å². The molecule has 0 radical (unpaired) electrons. The smallest absolute Gasteiger partial charge is 0.0393 e. The molecular formula is C13H14BrN3. The molecule has 4 heteroatoms. The number of nitrogens with two attached hydrogens (primary N) is 2. The van der Waals surface area contributed by atoms with Crippen molar-refractivity contribution in [2.45, 2.75) is 12.5 Å². The van der Waals surface area contributed by atoms with E-state index in [0.717, 1.165) is 16.5 Å². The normalized spacial score (nSPS) is 12.4. The molecule has 88 valence electrons. The van der Waals surface area contributed by atoms with Gasteiger partial charge in [0.1, 0.15) is 0 Å².